The number of aliphatic carboxylic acids is 1. The molecule has 0 bridgehead atoms. The third-order valence-electron chi connectivity index (χ3n) is 5.17. The van der Waals surface area contributed by atoms with Gasteiger partial charge in [0.05, 0.1) is 12.0 Å². The van der Waals surface area contributed by atoms with E-state index in [1.807, 2.05) is 6.92 Å². The van der Waals surface area contributed by atoms with Gasteiger partial charge in [0.1, 0.15) is 0 Å². The summed E-state index contributed by atoms with van der Waals surface area (Å²) in [5.74, 6) is -0.0617. The van der Waals surface area contributed by atoms with Gasteiger partial charge in [-0.1, -0.05) is 6.92 Å². The summed E-state index contributed by atoms with van der Waals surface area (Å²) in [6.07, 6.45) is 5.86. The van der Waals surface area contributed by atoms with Crippen LogP contribution in [0.15, 0.2) is 0 Å². The standard InChI is InChI=1S/C16H28N2O3/c1-11-3-5-14(6-4-11)17-15(19)12(2)18-9-7-13(8-10-18)16(20)21/h11-14H,3-10H2,1-2H3,(H,17,19)(H,20,21). The summed E-state index contributed by atoms with van der Waals surface area (Å²) in [7, 11) is 0. The van der Waals surface area contributed by atoms with Crippen molar-refractivity contribution in [1.29, 1.82) is 0 Å². The monoisotopic (exact) mass is 296 g/mol. The number of rotatable bonds is 4. The highest BCUT2D eigenvalue weighted by Gasteiger charge is 2.30. The Balaban J connectivity index is 1.76. The molecule has 120 valence electrons. The number of carbonyl (C=O) groups excluding carboxylic acids is 1. The molecule has 1 aliphatic carbocycles. The largest absolute Gasteiger partial charge is 0.481 e. The van der Waals surface area contributed by atoms with Gasteiger partial charge in [0.15, 0.2) is 0 Å². The highest BCUT2D eigenvalue weighted by Crippen LogP contribution is 2.24. The molecule has 1 saturated carbocycles. The predicted octanol–water partition coefficient (Wildman–Crippen LogP) is 1.87. The number of carboxylic acid groups (broad SMARTS) is 1. The summed E-state index contributed by atoms with van der Waals surface area (Å²) >= 11 is 0. The van der Waals surface area contributed by atoms with Crippen molar-refractivity contribution in [2.45, 2.75) is 64.5 Å². The van der Waals surface area contributed by atoms with Gasteiger partial charge in [0, 0.05) is 6.04 Å². The van der Waals surface area contributed by atoms with Crippen LogP contribution >= 0.6 is 0 Å². The molecular formula is C16H28N2O3. The van der Waals surface area contributed by atoms with Crippen LogP contribution in [0.2, 0.25) is 0 Å². The molecule has 0 aromatic carbocycles. The maximum absolute atomic E-state index is 12.3. The molecule has 0 aromatic heterocycles. The molecule has 1 amide bonds. The van der Waals surface area contributed by atoms with Gasteiger partial charge in [-0.2, -0.15) is 0 Å². The zero-order valence-corrected chi connectivity index (χ0v) is 13.2. The first-order chi connectivity index (χ1) is 9.97. The van der Waals surface area contributed by atoms with E-state index in [0.29, 0.717) is 32.0 Å². The van der Waals surface area contributed by atoms with Crippen molar-refractivity contribution in [2.75, 3.05) is 13.1 Å². The number of carbonyl (C=O) groups is 2. The van der Waals surface area contributed by atoms with E-state index in [-0.39, 0.29) is 17.9 Å². The van der Waals surface area contributed by atoms with Gasteiger partial charge in [0.2, 0.25) is 5.91 Å². The molecule has 1 saturated heterocycles. The third kappa shape index (κ3) is 4.43. The number of carboxylic acids is 1. The van der Waals surface area contributed by atoms with Crippen LogP contribution < -0.4 is 5.32 Å². The lowest BCUT2D eigenvalue weighted by Crippen LogP contribution is -2.51. The highest BCUT2D eigenvalue weighted by atomic mass is 16.4. The van der Waals surface area contributed by atoms with Crippen LogP contribution in [0.4, 0.5) is 0 Å². The van der Waals surface area contributed by atoms with Crippen molar-refractivity contribution in [3.8, 4) is 0 Å². The molecule has 5 nitrogen and oxygen atoms in total. The van der Waals surface area contributed by atoms with Gasteiger partial charge >= 0.3 is 5.97 Å². The van der Waals surface area contributed by atoms with E-state index in [0.717, 1.165) is 18.8 Å². The second-order valence-corrected chi connectivity index (χ2v) is 6.79. The van der Waals surface area contributed by atoms with Crippen molar-refractivity contribution in [3.63, 3.8) is 0 Å². The van der Waals surface area contributed by atoms with Gasteiger partial charge in [0.25, 0.3) is 0 Å². The molecule has 1 atom stereocenters. The van der Waals surface area contributed by atoms with Gasteiger partial charge in [-0.05, 0) is 64.5 Å². The Kier molecular flexibility index (Phi) is 5.62. The minimum atomic E-state index is -0.705. The smallest absolute Gasteiger partial charge is 0.306 e. The van der Waals surface area contributed by atoms with Crippen molar-refractivity contribution < 1.29 is 14.7 Å². The summed E-state index contributed by atoms with van der Waals surface area (Å²) in [6, 6.07) is 0.173. The summed E-state index contributed by atoms with van der Waals surface area (Å²) < 4.78 is 0. The molecule has 1 heterocycles. The fraction of sp³-hybridized carbons (Fsp3) is 0.875. The number of amides is 1. The molecule has 5 heteroatoms. The number of nitrogens with zero attached hydrogens (tertiary/aromatic N) is 1. The molecule has 2 fully saturated rings. The zero-order valence-electron chi connectivity index (χ0n) is 13.2. The summed E-state index contributed by atoms with van der Waals surface area (Å²) in [6.45, 7) is 5.61. The predicted molar refractivity (Wildman–Crippen MR) is 81.0 cm³/mol. The van der Waals surface area contributed by atoms with E-state index < -0.39 is 5.97 Å². The van der Waals surface area contributed by atoms with E-state index in [1.165, 1.54) is 12.8 Å². The van der Waals surface area contributed by atoms with E-state index in [2.05, 4.69) is 17.1 Å². The molecule has 0 aromatic rings. The number of hydrogen-bond donors (Lipinski definition) is 2. The Labute approximate surface area is 127 Å². The lowest BCUT2D eigenvalue weighted by Gasteiger charge is -2.35. The van der Waals surface area contributed by atoms with Gasteiger partial charge in [-0.15, -0.1) is 0 Å². The lowest BCUT2D eigenvalue weighted by atomic mass is 9.87. The fourth-order valence-electron chi connectivity index (χ4n) is 3.43. The molecular weight excluding hydrogens is 268 g/mol. The molecule has 1 unspecified atom stereocenters. The fourth-order valence-corrected chi connectivity index (χ4v) is 3.43. The normalized spacial score (nSPS) is 29.8. The van der Waals surface area contributed by atoms with Crippen LogP contribution in [0, 0.1) is 11.8 Å². The Hall–Kier alpha value is -1.10. The van der Waals surface area contributed by atoms with Crippen LogP contribution in [0.5, 0.6) is 0 Å². The topological polar surface area (TPSA) is 69.6 Å². The van der Waals surface area contributed by atoms with E-state index in [4.69, 9.17) is 5.11 Å². The summed E-state index contributed by atoms with van der Waals surface area (Å²) in [5.41, 5.74) is 0. The Morgan fingerprint density at radius 3 is 2.19 bits per heavy atom. The number of likely N-dealkylation sites (tertiary alicyclic amines) is 1. The Bertz CT molecular complexity index is 370. The van der Waals surface area contributed by atoms with Crippen molar-refractivity contribution >= 4 is 11.9 Å². The summed E-state index contributed by atoms with van der Waals surface area (Å²) in [5, 5.41) is 12.2. The van der Waals surface area contributed by atoms with E-state index in [1.54, 1.807) is 0 Å². The second kappa shape index (κ2) is 7.25. The van der Waals surface area contributed by atoms with E-state index in [9.17, 15) is 9.59 Å². The van der Waals surface area contributed by atoms with Gasteiger partial charge in [-0.3, -0.25) is 14.5 Å². The van der Waals surface area contributed by atoms with E-state index >= 15 is 0 Å². The maximum atomic E-state index is 12.3. The van der Waals surface area contributed by atoms with Crippen LogP contribution in [0.25, 0.3) is 0 Å². The Morgan fingerprint density at radius 2 is 1.67 bits per heavy atom. The Morgan fingerprint density at radius 1 is 1.10 bits per heavy atom. The van der Waals surface area contributed by atoms with Crippen molar-refractivity contribution in [2.24, 2.45) is 11.8 Å². The van der Waals surface area contributed by atoms with Crippen LogP contribution in [-0.4, -0.2) is 47.1 Å². The first-order valence-corrected chi connectivity index (χ1v) is 8.24. The van der Waals surface area contributed by atoms with Crippen molar-refractivity contribution in [3.05, 3.63) is 0 Å². The van der Waals surface area contributed by atoms with Crippen LogP contribution in [0.1, 0.15) is 52.4 Å². The summed E-state index contributed by atoms with van der Waals surface area (Å²) in [4.78, 5) is 25.4. The number of piperidine rings is 1. The molecule has 1 aliphatic heterocycles. The van der Waals surface area contributed by atoms with Crippen LogP contribution in [0.3, 0.4) is 0 Å². The first-order valence-electron chi connectivity index (χ1n) is 8.24. The lowest BCUT2D eigenvalue weighted by molar-refractivity contribution is -0.143. The van der Waals surface area contributed by atoms with Crippen molar-refractivity contribution in [1.82, 2.24) is 10.2 Å². The highest BCUT2D eigenvalue weighted by molar-refractivity contribution is 5.81. The zero-order chi connectivity index (χ0) is 15.4. The number of nitrogens with one attached hydrogen (secondary N) is 1. The second-order valence-electron chi connectivity index (χ2n) is 6.79. The minimum Gasteiger partial charge on any atom is -0.481 e. The maximum Gasteiger partial charge on any atom is 0.306 e. The molecule has 2 aliphatic rings. The SMILES string of the molecule is CC1CCC(NC(=O)C(C)N2CCC(C(=O)O)CC2)CC1. The average molecular weight is 296 g/mol. The first kappa shape index (κ1) is 16.3. The molecule has 0 radical (unpaired) electrons. The molecule has 0 spiro atoms. The quantitative estimate of drug-likeness (QED) is 0.831. The molecule has 2 rings (SSSR count). The van der Waals surface area contributed by atoms with Gasteiger partial charge in [-0.25, -0.2) is 0 Å². The average Bonchev–Trinajstić information content (AvgIpc) is 2.49. The third-order valence-corrected chi connectivity index (χ3v) is 5.17. The number of hydrogen-bond acceptors (Lipinski definition) is 3. The minimum absolute atomic E-state index is 0.100. The molecule has 2 N–H and O–H groups in total. The van der Waals surface area contributed by atoms with Crippen LogP contribution in [-0.2, 0) is 9.59 Å². The van der Waals surface area contributed by atoms with Gasteiger partial charge < -0.3 is 10.4 Å². The molecule has 21 heavy (non-hydrogen) atoms.